The van der Waals surface area contributed by atoms with Gasteiger partial charge < -0.3 is 15.3 Å². The van der Waals surface area contributed by atoms with Gasteiger partial charge in [0.2, 0.25) is 5.78 Å². The first-order valence-electron chi connectivity index (χ1n) is 5.71. The summed E-state index contributed by atoms with van der Waals surface area (Å²) >= 11 is 5.48. The molecule has 0 unspecified atom stereocenters. The number of rotatable bonds is 6. The predicted molar refractivity (Wildman–Crippen MR) is 74.6 cm³/mol. The average molecular weight is 348 g/mol. The van der Waals surface area contributed by atoms with Gasteiger partial charge >= 0.3 is 17.9 Å². The number of aliphatic carboxylic acids is 2. The number of benzene rings is 1. The van der Waals surface area contributed by atoms with Crippen LogP contribution < -0.4 is 0 Å². The van der Waals surface area contributed by atoms with Gasteiger partial charge in [0.05, 0.1) is 21.9 Å². The monoisotopic (exact) mass is 347 g/mol. The third kappa shape index (κ3) is 7.52. The number of hydrogen-bond donors (Lipinski definition) is 3. The maximum Gasteiger partial charge on any atom is 0.372 e. The molecule has 3 N–H and O–H groups in total. The van der Waals surface area contributed by atoms with Crippen molar-refractivity contribution in [1.82, 2.24) is 0 Å². The lowest BCUT2D eigenvalue weighted by Gasteiger charge is -1.97. The van der Waals surface area contributed by atoms with Crippen molar-refractivity contribution in [2.45, 2.75) is 12.8 Å². The second-order valence-corrected chi connectivity index (χ2v) is 4.26. The molecule has 23 heavy (non-hydrogen) atoms. The van der Waals surface area contributed by atoms with E-state index in [0.717, 1.165) is 18.2 Å². The number of nitro benzene ring substituents is 1. The summed E-state index contributed by atoms with van der Waals surface area (Å²) in [5, 5.41) is 34.6. The molecule has 11 heteroatoms. The van der Waals surface area contributed by atoms with Crippen LogP contribution in [0.4, 0.5) is 5.69 Å². The van der Waals surface area contributed by atoms with Gasteiger partial charge in [0.15, 0.2) is 0 Å². The molecule has 1 rings (SSSR count). The highest BCUT2D eigenvalue weighted by atomic mass is 35.5. The molecule has 0 saturated carbocycles. The fourth-order valence-corrected chi connectivity index (χ4v) is 1.37. The molecule has 0 aliphatic rings. The Morgan fingerprint density at radius 1 is 1.09 bits per heavy atom. The van der Waals surface area contributed by atoms with Crippen LogP contribution in [0, 0.1) is 10.1 Å². The molecule has 0 fully saturated rings. The summed E-state index contributed by atoms with van der Waals surface area (Å²) in [6.07, 6.45) is -0.865. The topological polar surface area (TPSA) is 172 Å². The maximum atomic E-state index is 10.4. The van der Waals surface area contributed by atoms with E-state index in [9.17, 15) is 29.3 Å². The van der Waals surface area contributed by atoms with Gasteiger partial charge in [-0.2, -0.15) is 0 Å². The number of aromatic carboxylic acids is 1. The summed E-state index contributed by atoms with van der Waals surface area (Å²) < 4.78 is 0. The lowest BCUT2D eigenvalue weighted by atomic mass is 10.2. The van der Waals surface area contributed by atoms with Crippen LogP contribution in [0.25, 0.3) is 0 Å². The molecular weight excluding hydrogens is 338 g/mol. The molecule has 0 bridgehead atoms. The van der Waals surface area contributed by atoms with Crippen LogP contribution in [0.3, 0.4) is 0 Å². The van der Waals surface area contributed by atoms with Crippen molar-refractivity contribution in [3.05, 3.63) is 38.9 Å². The minimum atomic E-state index is -1.58. The number of non-ortho nitro benzene ring substituents is 1. The maximum absolute atomic E-state index is 10.4. The number of halogens is 1. The van der Waals surface area contributed by atoms with E-state index in [-0.39, 0.29) is 16.3 Å². The SMILES string of the molecule is O=C(O)CCC(=O)C(=O)O.O=C(O)c1ccc([N+](=O)[O-])cc1Cl. The Labute approximate surface area is 133 Å². The first kappa shape index (κ1) is 20.0. The van der Waals surface area contributed by atoms with E-state index in [2.05, 4.69) is 0 Å². The first-order chi connectivity index (χ1) is 10.6. The molecule has 0 spiro atoms. The summed E-state index contributed by atoms with van der Waals surface area (Å²) in [6, 6.07) is 3.20. The van der Waals surface area contributed by atoms with Crippen LogP contribution >= 0.6 is 11.6 Å². The minimum absolute atomic E-state index is 0.137. The van der Waals surface area contributed by atoms with Crippen molar-refractivity contribution in [2.24, 2.45) is 0 Å². The van der Waals surface area contributed by atoms with E-state index < -0.39 is 41.5 Å². The Morgan fingerprint density at radius 2 is 1.65 bits per heavy atom. The van der Waals surface area contributed by atoms with E-state index >= 15 is 0 Å². The van der Waals surface area contributed by atoms with Crippen LogP contribution in [0.15, 0.2) is 18.2 Å². The molecule has 124 valence electrons. The van der Waals surface area contributed by atoms with Gasteiger partial charge in [-0.25, -0.2) is 9.59 Å². The Hall–Kier alpha value is -3.01. The average Bonchev–Trinajstić information content (AvgIpc) is 2.44. The molecular formula is C12H10ClNO9. The highest BCUT2D eigenvalue weighted by molar-refractivity contribution is 6.33. The Morgan fingerprint density at radius 3 is 2.00 bits per heavy atom. The van der Waals surface area contributed by atoms with Crippen molar-refractivity contribution >= 4 is 41.0 Å². The number of carboxylic acid groups (broad SMARTS) is 3. The third-order valence-electron chi connectivity index (χ3n) is 2.20. The van der Waals surface area contributed by atoms with Gasteiger partial charge in [0.25, 0.3) is 5.69 Å². The zero-order chi connectivity index (χ0) is 18.2. The third-order valence-corrected chi connectivity index (χ3v) is 2.51. The lowest BCUT2D eigenvalue weighted by Crippen LogP contribution is -2.13. The predicted octanol–water partition coefficient (Wildman–Crippen LogP) is 1.45. The van der Waals surface area contributed by atoms with E-state index in [1.165, 1.54) is 0 Å². The smallest absolute Gasteiger partial charge is 0.372 e. The van der Waals surface area contributed by atoms with Gasteiger partial charge in [-0.1, -0.05) is 11.6 Å². The highest BCUT2D eigenvalue weighted by Crippen LogP contribution is 2.22. The second kappa shape index (κ2) is 9.10. The zero-order valence-electron chi connectivity index (χ0n) is 11.3. The number of carboxylic acids is 3. The second-order valence-electron chi connectivity index (χ2n) is 3.85. The molecule has 0 aliphatic heterocycles. The number of nitrogens with zero attached hydrogens (tertiary/aromatic N) is 1. The minimum Gasteiger partial charge on any atom is -0.481 e. The molecule has 0 heterocycles. The fraction of sp³-hybridized carbons (Fsp3) is 0.167. The lowest BCUT2D eigenvalue weighted by molar-refractivity contribution is -0.384. The van der Waals surface area contributed by atoms with Gasteiger partial charge in [-0.3, -0.25) is 19.7 Å². The normalized spacial score (nSPS) is 9.26. The number of carbonyl (C=O) groups is 4. The Kier molecular flexibility index (Phi) is 7.91. The van der Waals surface area contributed by atoms with Crippen molar-refractivity contribution in [2.75, 3.05) is 0 Å². The number of ketones is 1. The molecule has 10 nitrogen and oxygen atoms in total. The van der Waals surface area contributed by atoms with Crippen LogP contribution in [0.2, 0.25) is 5.02 Å². The summed E-state index contributed by atoms with van der Waals surface area (Å²) in [6.45, 7) is 0. The number of nitro groups is 1. The number of Topliss-reactive ketones (excluding diaryl/α,β-unsaturated/α-hetero) is 1. The summed E-state index contributed by atoms with van der Waals surface area (Å²) in [7, 11) is 0. The molecule has 0 amide bonds. The van der Waals surface area contributed by atoms with E-state index in [1.54, 1.807) is 0 Å². The highest BCUT2D eigenvalue weighted by Gasteiger charge is 2.13. The zero-order valence-corrected chi connectivity index (χ0v) is 12.0. The Balaban J connectivity index is 0.000000438. The van der Waals surface area contributed by atoms with Crippen molar-refractivity contribution < 1.29 is 39.4 Å². The van der Waals surface area contributed by atoms with Gasteiger partial charge in [-0.15, -0.1) is 0 Å². The van der Waals surface area contributed by atoms with Crippen molar-refractivity contribution in [1.29, 1.82) is 0 Å². The summed E-state index contributed by atoms with van der Waals surface area (Å²) in [4.78, 5) is 49.8. The molecule has 1 aromatic carbocycles. The van der Waals surface area contributed by atoms with Crippen molar-refractivity contribution in [3.63, 3.8) is 0 Å². The first-order valence-corrected chi connectivity index (χ1v) is 6.09. The Bertz CT molecular complexity index is 656. The van der Waals surface area contributed by atoms with Gasteiger partial charge in [0.1, 0.15) is 0 Å². The summed E-state index contributed by atoms with van der Waals surface area (Å²) in [5.74, 6) is -5.03. The van der Waals surface area contributed by atoms with Crippen LogP contribution in [0.5, 0.6) is 0 Å². The fourth-order valence-electron chi connectivity index (χ4n) is 1.12. The molecule has 0 aromatic heterocycles. The van der Waals surface area contributed by atoms with E-state index in [1.807, 2.05) is 0 Å². The van der Waals surface area contributed by atoms with Crippen molar-refractivity contribution in [3.8, 4) is 0 Å². The van der Waals surface area contributed by atoms with Crippen LogP contribution in [-0.2, 0) is 14.4 Å². The van der Waals surface area contributed by atoms with Gasteiger partial charge in [-0.05, 0) is 6.07 Å². The summed E-state index contributed by atoms with van der Waals surface area (Å²) in [5.41, 5.74) is -0.373. The van der Waals surface area contributed by atoms with Crippen LogP contribution in [0.1, 0.15) is 23.2 Å². The number of carbonyl (C=O) groups excluding carboxylic acids is 1. The number of hydrogen-bond acceptors (Lipinski definition) is 6. The molecule has 0 radical (unpaired) electrons. The molecule has 0 aliphatic carbocycles. The molecule has 0 saturated heterocycles. The quantitative estimate of drug-likeness (QED) is 0.391. The van der Waals surface area contributed by atoms with Gasteiger partial charge in [0, 0.05) is 18.6 Å². The standard InChI is InChI=1S/C7H4ClNO4.C5H6O5/c8-6-3-4(9(12)13)1-2-5(6)7(10)11;6-3(5(9)10)1-2-4(7)8/h1-3H,(H,10,11);1-2H2,(H,7,8)(H,9,10). The van der Waals surface area contributed by atoms with E-state index in [4.69, 9.17) is 26.9 Å². The largest absolute Gasteiger partial charge is 0.481 e. The van der Waals surface area contributed by atoms with Crippen LogP contribution in [-0.4, -0.2) is 43.9 Å². The van der Waals surface area contributed by atoms with E-state index in [0.29, 0.717) is 0 Å². The molecule has 0 atom stereocenters. The molecule has 1 aromatic rings.